The Morgan fingerprint density at radius 3 is 2.94 bits per heavy atom. The van der Waals surface area contributed by atoms with Crippen molar-refractivity contribution >= 4 is 27.5 Å². The van der Waals surface area contributed by atoms with Crippen molar-refractivity contribution in [2.75, 3.05) is 13.2 Å². The largest absolute Gasteiger partial charge is 0.489 e. The van der Waals surface area contributed by atoms with Gasteiger partial charge in [0, 0.05) is 21.6 Å². The van der Waals surface area contributed by atoms with Crippen LogP contribution in [0.25, 0.3) is 0 Å². The smallest absolute Gasteiger partial charge is 0.124 e. The Hall–Kier alpha value is -0.510. The average Bonchev–Trinajstić information content (AvgIpc) is 2.38. The van der Waals surface area contributed by atoms with E-state index in [4.69, 9.17) is 16.3 Å². The summed E-state index contributed by atoms with van der Waals surface area (Å²) in [7, 11) is 0. The number of halogens is 2. The third-order valence-corrected chi connectivity index (χ3v) is 3.23. The Morgan fingerprint density at radius 1 is 1.50 bits per heavy atom. The predicted octanol–water partition coefficient (Wildman–Crippen LogP) is 4.64. The lowest BCUT2D eigenvalue weighted by Gasteiger charge is -2.18. The number of ether oxygens (including phenoxy) is 1. The maximum absolute atomic E-state index is 5.70. The first-order valence-corrected chi connectivity index (χ1v) is 7.32. The fourth-order valence-corrected chi connectivity index (χ4v) is 2.09. The quantitative estimate of drug-likeness (QED) is 0.785. The first kappa shape index (κ1) is 15.5. The molecule has 0 saturated heterocycles. The molecule has 18 heavy (non-hydrogen) atoms. The summed E-state index contributed by atoms with van der Waals surface area (Å²) in [5.41, 5.74) is 2.62. The molecular formula is C14H19BrClNO. The zero-order valence-electron chi connectivity index (χ0n) is 10.7. The highest BCUT2D eigenvalue weighted by Crippen LogP contribution is 2.28. The first-order chi connectivity index (χ1) is 8.69. The van der Waals surface area contributed by atoms with Crippen LogP contribution < -0.4 is 10.1 Å². The molecule has 0 aromatic heterocycles. The highest BCUT2D eigenvalue weighted by molar-refractivity contribution is 9.10. The Kier molecular flexibility index (Phi) is 7.40. The third kappa shape index (κ3) is 5.01. The fraction of sp³-hybridized carbons (Fsp3) is 0.429. The fourth-order valence-electron chi connectivity index (χ4n) is 1.63. The molecule has 1 unspecified atom stereocenters. The van der Waals surface area contributed by atoms with Crippen LogP contribution in [0.2, 0.25) is 0 Å². The van der Waals surface area contributed by atoms with Crippen molar-refractivity contribution in [1.29, 1.82) is 0 Å². The minimum atomic E-state index is 0.262. The Morgan fingerprint density at radius 2 is 2.28 bits per heavy atom. The molecule has 0 saturated carbocycles. The summed E-state index contributed by atoms with van der Waals surface area (Å²) < 4.78 is 6.76. The van der Waals surface area contributed by atoms with E-state index in [0.29, 0.717) is 6.61 Å². The van der Waals surface area contributed by atoms with Crippen LogP contribution in [-0.2, 0) is 0 Å². The van der Waals surface area contributed by atoms with Crippen LogP contribution in [0.15, 0.2) is 34.3 Å². The molecule has 0 aliphatic rings. The van der Waals surface area contributed by atoms with Crippen LogP contribution in [0, 0.1) is 0 Å². The van der Waals surface area contributed by atoms with Gasteiger partial charge in [0.05, 0.1) is 0 Å². The van der Waals surface area contributed by atoms with E-state index in [1.807, 2.05) is 12.1 Å². The number of benzene rings is 1. The molecule has 0 fully saturated rings. The van der Waals surface area contributed by atoms with Crippen molar-refractivity contribution in [3.05, 3.63) is 39.8 Å². The van der Waals surface area contributed by atoms with Crippen LogP contribution in [0.3, 0.4) is 0 Å². The Balaban J connectivity index is 2.81. The van der Waals surface area contributed by atoms with E-state index >= 15 is 0 Å². The monoisotopic (exact) mass is 331 g/mol. The number of rotatable bonds is 7. The van der Waals surface area contributed by atoms with Gasteiger partial charge in [0.25, 0.3) is 0 Å². The van der Waals surface area contributed by atoms with Gasteiger partial charge in [0.15, 0.2) is 0 Å². The van der Waals surface area contributed by atoms with Crippen LogP contribution in [0.1, 0.15) is 31.9 Å². The molecule has 1 rings (SSSR count). The molecule has 0 radical (unpaired) electrons. The second-order valence-electron chi connectivity index (χ2n) is 4.03. The molecule has 2 nitrogen and oxygen atoms in total. The van der Waals surface area contributed by atoms with E-state index in [-0.39, 0.29) is 6.04 Å². The topological polar surface area (TPSA) is 21.3 Å². The van der Waals surface area contributed by atoms with Gasteiger partial charge in [-0.1, -0.05) is 34.5 Å². The van der Waals surface area contributed by atoms with Gasteiger partial charge in [-0.2, -0.15) is 0 Å². The van der Waals surface area contributed by atoms with Crippen molar-refractivity contribution in [2.24, 2.45) is 0 Å². The molecule has 1 aromatic carbocycles. The number of hydrogen-bond donors (Lipinski definition) is 1. The second-order valence-corrected chi connectivity index (χ2v) is 5.20. The normalized spacial score (nSPS) is 12.9. The molecule has 0 heterocycles. The highest BCUT2D eigenvalue weighted by atomic mass is 79.9. The zero-order chi connectivity index (χ0) is 13.4. The van der Waals surface area contributed by atoms with E-state index in [9.17, 15) is 0 Å². The average molecular weight is 333 g/mol. The van der Waals surface area contributed by atoms with Crippen molar-refractivity contribution in [3.63, 3.8) is 0 Å². The van der Waals surface area contributed by atoms with E-state index in [2.05, 4.69) is 41.2 Å². The molecule has 1 aromatic rings. The summed E-state index contributed by atoms with van der Waals surface area (Å²) in [6.07, 6.45) is 2.89. The molecule has 0 spiro atoms. The molecular weight excluding hydrogens is 314 g/mol. The minimum Gasteiger partial charge on any atom is -0.489 e. The molecule has 100 valence electrons. The summed E-state index contributed by atoms with van der Waals surface area (Å²) in [5.74, 6) is 0.893. The van der Waals surface area contributed by atoms with Gasteiger partial charge in [0.2, 0.25) is 0 Å². The maximum atomic E-state index is 5.70. The van der Waals surface area contributed by atoms with Gasteiger partial charge in [-0.15, -0.1) is 0 Å². The van der Waals surface area contributed by atoms with Crippen LogP contribution in [0.4, 0.5) is 0 Å². The number of hydrogen-bond acceptors (Lipinski definition) is 2. The van der Waals surface area contributed by atoms with Crippen molar-refractivity contribution in [3.8, 4) is 5.75 Å². The molecule has 4 heteroatoms. The summed E-state index contributed by atoms with van der Waals surface area (Å²) in [5, 5.41) is 3.46. The molecule has 0 amide bonds. The van der Waals surface area contributed by atoms with Gasteiger partial charge >= 0.3 is 0 Å². The van der Waals surface area contributed by atoms with E-state index in [1.165, 1.54) is 5.54 Å². The van der Waals surface area contributed by atoms with Crippen LogP contribution >= 0.6 is 27.5 Å². The lowest BCUT2D eigenvalue weighted by Crippen LogP contribution is -2.20. The molecule has 0 aliphatic heterocycles. The first-order valence-electron chi connectivity index (χ1n) is 6.09. The lowest BCUT2D eigenvalue weighted by atomic mass is 10.1. The summed E-state index contributed by atoms with van der Waals surface area (Å²) >= 11 is 8.98. The predicted molar refractivity (Wildman–Crippen MR) is 81.3 cm³/mol. The Bertz CT molecular complexity index is 395. The van der Waals surface area contributed by atoms with E-state index in [0.717, 1.165) is 28.8 Å². The standard InChI is InChI=1S/C14H19BrClNO/c1-3-8-17-11(2)13-10-12(15)5-6-14(13)18-9-4-7-16/h4-7,10-11,17H,3,8-9H2,1-2H3. The van der Waals surface area contributed by atoms with E-state index in [1.54, 1.807) is 6.08 Å². The molecule has 1 N–H and O–H groups in total. The number of nitrogens with one attached hydrogen (secondary N) is 1. The molecule has 1 atom stereocenters. The van der Waals surface area contributed by atoms with Crippen molar-refractivity contribution in [1.82, 2.24) is 5.32 Å². The van der Waals surface area contributed by atoms with Gasteiger partial charge in [-0.3, -0.25) is 0 Å². The Labute approximate surface area is 122 Å². The molecule has 0 aliphatic carbocycles. The molecule has 0 bridgehead atoms. The summed E-state index contributed by atoms with van der Waals surface area (Å²) in [4.78, 5) is 0. The lowest BCUT2D eigenvalue weighted by molar-refractivity contribution is 0.354. The maximum Gasteiger partial charge on any atom is 0.124 e. The SMILES string of the molecule is CCCNC(C)c1cc(Br)ccc1OCC=CCl. The second kappa shape index (κ2) is 8.57. The van der Waals surface area contributed by atoms with Gasteiger partial charge < -0.3 is 10.1 Å². The van der Waals surface area contributed by atoms with Crippen LogP contribution in [0.5, 0.6) is 5.75 Å². The van der Waals surface area contributed by atoms with Crippen molar-refractivity contribution < 1.29 is 4.74 Å². The van der Waals surface area contributed by atoms with Crippen molar-refractivity contribution in [2.45, 2.75) is 26.3 Å². The zero-order valence-corrected chi connectivity index (χ0v) is 13.1. The highest BCUT2D eigenvalue weighted by Gasteiger charge is 2.11. The van der Waals surface area contributed by atoms with Gasteiger partial charge in [0.1, 0.15) is 12.4 Å². The summed E-state index contributed by atoms with van der Waals surface area (Å²) in [6, 6.07) is 6.31. The summed E-state index contributed by atoms with van der Waals surface area (Å²) in [6.45, 7) is 5.78. The van der Waals surface area contributed by atoms with Crippen LogP contribution in [-0.4, -0.2) is 13.2 Å². The third-order valence-electron chi connectivity index (χ3n) is 2.56. The minimum absolute atomic E-state index is 0.262. The van der Waals surface area contributed by atoms with Gasteiger partial charge in [-0.25, -0.2) is 0 Å². The van der Waals surface area contributed by atoms with Gasteiger partial charge in [-0.05, 0) is 44.2 Å². The van der Waals surface area contributed by atoms with E-state index < -0.39 is 0 Å².